The van der Waals surface area contributed by atoms with Crippen LogP contribution in [0.3, 0.4) is 0 Å². The average molecular weight is 421 g/mol. The van der Waals surface area contributed by atoms with E-state index in [0.717, 1.165) is 11.1 Å². The van der Waals surface area contributed by atoms with Gasteiger partial charge in [-0.15, -0.1) is 0 Å². The molecule has 0 amide bonds. The second-order valence-electron chi connectivity index (χ2n) is 6.91. The van der Waals surface area contributed by atoms with Crippen molar-refractivity contribution in [3.8, 4) is 17.2 Å². The van der Waals surface area contributed by atoms with Crippen molar-refractivity contribution >= 4 is 10.0 Å². The molecule has 158 valence electrons. The number of hydrogen-bond acceptors (Lipinski definition) is 6. The minimum Gasteiger partial charge on any atom is -0.493 e. The van der Waals surface area contributed by atoms with Crippen LogP contribution in [0, 0.1) is 0 Å². The van der Waals surface area contributed by atoms with Crippen molar-refractivity contribution < 1.29 is 22.6 Å². The first kappa shape index (κ1) is 21.4. The molecule has 2 aromatic carbocycles. The van der Waals surface area contributed by atoms with Crippen molar-refractivity contribution in [3.05, 3.63) is 53.6 Å². The first-order chi connectivity index (χ1) is 14.0. The maximum absolute atomic E-state index is 12.7. The van der Waals surface area contributed by atoms with E-state index >= 15 is 0 Å². The molecule has 2 aromatic rings. The Balaban J connectivity index is 1.64. The Morgan fingerprint density at radius 3 is 2.07 bits per heavy atom. The molecule has 1 fully saturated rings. The predicted molar refractivity (Wildman–Crippen MR) is 112 cm³/mol. The number of piperazine rings is 1. The van der Waals surface area contributed by atoms with Gasteiger partial charge in [0.15, 0.2) is 11.5 Å². The van der Waals surface area contributed by atoms with E-state index in [-0.39, 0.29) is 5.75 Å². The molecule has 1 heterocycles. The van der Waals surface area contributed by atoms with E-state index in [0.29, 0.717) is 50.0 Å². The molecule has 0 N–H and O–H groups in total. The Kier molecular flexibility index (Phi) is 7.00. The lowest BCUT2D eigenvalue weighted by Crippen LogP contribution is -2.48. The van der Waals surface area contributed by atoms with Gasteiger partial charge in [0.2, 0.25) is 15.8 Å². The Morgan fingerprint density at radius 2 is 1.48 bits per heavy atom. The van der Waals surface area contributed by atoms with Gasteiger partial charge in [-0.3, -0.25) is 4.90 Å². The number of nitrogens with zero attached hydrogens (tertiary/aromatic N) is 2. The highest BCUT2D eigenvalue weighted by Gasteiger charge is 2.28. The third kappa shape index (κ3) is 5.01. The smallest absolute Gasteiger partial charge is 0.218 e. The fraction of sp³-hybridized carbons (Fsp3) is 0.429. The SMILES string of the molecule is COc1ccc(CN2CCN(S(=O)(=O)Cc3ccccc3)CC2)c(OC)c1OC. The lowest BCUT2D eigenvalue weighted by atomic mass is 10.1. The van der Waals surface area contributed by atoms with Gasteiger partial charge in [0.25, 0.3) is 0 Å². The molecule has 0 aliphatic carbocycles. The number of methoxy groups -OCH3 is 3. The molecule has 0 spiro atoms. The summed E-state index contributed by atoms with van der Waals surface area (Å²) in [6.07, 6.45) is 0. The van der Waals surface area contributed by atoms with E-state index in [1.807, 2.05) is 42.5 Å². The molecule has 3 rings (SSSR count). The molecule has 0 saturated carbocycles. The number of rotatable bonds is 8. The molecular formula is C21H28N2O5S. The summed E-state index contributed by atoms with van der Waals surface area (Å²) in [5, 5.41) is 0. The van der Waals surface area contributed by atoms with Crippen molar-refractivity contribution in [2.75, 3.05) is 47.5 Å². The molecule has 1 aliphatic heterocycles. The van der Waals surface area contributed by atoms with Gasteiger partial charge < -0.3 is 14.2 Å². The zero-order valence-corrected chi connectivity index (χ0v) is 17.9. The van der Waals surface area contributed by atoms with Crippen LogP contribution in [0.1, 0.15) is 11.1 Å². The Morgan fingerprint density at radius 1 is 0.828 bits per heavy atom. The molecular weight excluding hydrogens is 392 g/mol. The maximum atomic E-state index is 12.7. The second-order valence-corrected chi connectivity index (χ2v) is 8.88. The number of benzene rings is 2. The topological polar surface area (TPSA) is 68.3 Å². The first-order valence-electron chi connectivity index (χ1n) is 9.50. The molecule has 29 heavy (non-hydrogen) atoms. The quantitative estimate of drug-likeness (QED) is 0.653. The maximum Gasteiger partial charge on any atom is 0.218 e. The molecule has 0 atom stereocenters. The van der Waals surface area contributed by atoms with Gasteiger partial charge in [-0.1, -0.05) is 36.4 Å². The third-order valence-electron chi connectivity index (χ3n) is 5.10. The van der Waals surface area contributed by atoms with Gasteiger partial charge in [-0.25, -0.2) is 8.42 Å². The average Bonchev–Trinajstić information content (AvgIpc) is 2.74. The Bertz CT molecular complexity index is 910. The van der Waals surface area contributed by atoms with Crippen molar-refractivity contribution in [1.29, 1.82) is 0 Å². The summed E-state index contributed by atoms with van der Waals surface area (Å²) in [6.45, 7) is 2.92. The molecule has 0 radical (unpaired) electrons. The fourth-order valence-corrected chi connectivity index (χ4v) is 5.09. The van der Waals surface area contributed by atoms with Crippen LogP contribution in [-0.4, -0.2) is 65.1 Å². The Hall–Kier alpha value is -2.29. The van der Waals surface area contributed by atoms with Crippen LogP contribution >= 0.6 is 0 Å². The van der Waals surface area contributed by atoms with E-state index in [4.69, 9.17) is 14.2 Å². The number of sulfonamides is 1. The summed E-state index contributed by atoms with van der Waals surface area (Å²) in [6, 6.07) is 13.1. The molecule has 8 heteroatoms. The van der Waals surface area contributed by atoms with Gasteiger partial charge in [-0.05, 0) is 11.6 Å². The number of ether oxygens (including phenoxy) is 3. The minimum absolute atomic E-state index is 0.0390. The molecule has 0 aromatic heterocycles. The van der Waals surface area contributed by atoms with Gasteiger partial charge in [-0.2, -0.15) is 4.31 Å². The van der Waals surface area contributed by atoms with Crippen LogP contribution in [0.4, 0.5) is 0 Å². The lowest BCUT2D eigenvalue weighted by Gasteiger charge is -2.34. The van der Waals surface area contributed by atoms with Gasteiger partial charge >= 0.3 is 0 Å². The largest absolute Gasteiger partial charge is 0.493 e. The number of hydrogen-bond donors (Lipinski definition) is 0. The van der Waals surface area contributed by atoms with E-state index in [1.54, 1.807) is 25.6 Å². The molecule has 1 saturated heterocycles. The summed E-state index contributed by atoms with van der Waals surface area (Å²) >= 11 is 0. The van der Waals surface area contributed by atoms with Crippen LogP contribution < -0.4 is 14.2 Å². The molecule has 1 aliphatic rings. The van der Waals surface area contributed by atoms with E-state index in [1.165, 1.54) is 0 Å². The predicted octanol–water partition coefficient (Wildman–Crippen LogP) is 2.36. The van der Waals surface area contributed by atoms with Crippen molar-refractivity contribution in [2.45, 2.75) is 12.3 Å². The van der Waals surface area contributed by atoms with Crippen LogP contribution in [0.15, 0.2) is 42.5 Å². The van der Waals surface area contributed by atoms with Crippen LogP contribution in [0.2, 0.25) is 0 Å². The van der Waals surface area contributed by atoms with Crippen LogP contribution in [-0.2, 0) is 22.3 Å². The highest BCUT2D eigenvalue weighted by molar-refractivity contribution is 7.88. The van der Waals surface area contributed by atoms with E-state index in [9.17, 15) is 8.42 Å². The normalized spacial score (nSPS) is 15.8. The van der Waals surface area contributed by atoms with Crippen molar-refractivity contribution in [1.82, 2.24) is 9.21 Å². The monoisotopic (exact) mass is 420 g/mol. The standard InChI is InChI=1S/C21H28N2O5S/c1-26-19-10-9-18(20(27-2)21(19)28-3)15-22-11-13-23(14-12-22)29(24,25)16-17-7-5-4-6-8-17/h4-10H,11-16H2,1-3H3. The Labute approximate surface area is 172 Å². The second kappa shape index (κ2) is 9.47. The summed E-state index contributed by atoms with van der Waals surface area (Å²) in [5.41, 5.74) is 1.79. The highest BCUT2D eigenvalue weighted by Crippen LogP contribution is 2.40. The van der Waals surface area contributed by atoms with E-state index in [2.05, 4.69) is 4.90 Å². The van der Waals surface area contributed by atoms with Gasteiger partial charge in [0, 0.05) is 38.3 Å². The zero-order chi connectivity index (χ0) is 20.9. The lowest BCUT2D eigenvalue weighted by molar-refractivity contribution is 0.179. The zero-order valence-electron chi connectivity index (χ0n) is 17.1. The summed E-state index contributed by atoms with van der Waals surface area (Å²) in [5.74, 6) is 1.87. The molecule has 0 bridgehead atoms. The van der Waals surface area contributed by atoms with Crippen molar-refractivity contribution in [2.24, 2.45) is 0 Å². The fourth-order valence-electron chi connectivity index (χ4n) is 3.57. The van der Waals surface area contributed by atoms with Crippen LogP contribution in [0.5, 0.6) is 17.2 Å². The molecule has 7 nitrogen and oxygen atoms in total. The summed E-state index contributed by atoms with van der Waals surface area (Å²) < 4.78 is 43.4. The molecule has 0 unspecified atom stereocenters. The van der Waals surface area contributed by atoms with Gasteiger partial charge in [0.05, 0.1) is 27.1 Å². The summed E-state index contributed by atoms with van der Waals surface area (Å²) in [7, 11) is 1.46. The third-order valence-corrected chi connectivity index (χ3v) is 6.95. The van der Waals surface area contributed by atoms with Gasteiger partial charge in [0.1, 0.15) is 0 Å². The minimum atomic E-state index is -3.32. The van der Waals surface area contributed by atoms with Crippen molar-refractivity contribution in [3.63, 3.8) is 0 Å². The first-order valence-corrected chi connectivity index (χ1v) is 11.1. The van der Waals surface area contributed by atoms with Crippen LogP contribution in [0.25, 0.3) is 0 Å². The van der Waals surface area contributed by atoms with E-state index < -0.39 is 10.0 Å². The highest BCUT2D eigenvalue weighted by atomic mass is 32.2. The summed E-state index contributed by atoms with van der Waals surface area (Å²) in [4.78, 5) is 2.22.